The standard InChI is InChI=1S/C21H23NO4/c1-14-13-16(8-11-19(14)26-3)20(23)18-5-4-12-22(18)21(24)15-6-9-17(25-2)10-7-15/h6-11,13,18H,4-5,12H2,1-3H3. The second kappa shape index (κ2) is 7.60. The highest BCUT2D eigenvalue weighted by molar-refractivity contribution is 6.04. The predicted octanol–water partition coefficient (Wildman–Crippen LogP) is 3.50. The monoisotopic (exact) mass is 353 g/mol. The third-order valence-corrected chi connectivity index (χ3v) is 4.83. The molecule has 0 bridgehead atoms. The van der Waals surface area contributed by atoms with E-state index in [1.165, 1.54) is 0 Å². The minimum Gasteiger partial charge on any atom is -0.497 e. The SMILES string of the molecule is COc1ccc(C(=O)N2CCCC2C(=O)c2ccc(OC)c(C)c2)cc1. The number of aryl methyl sites for hydroxylation is 1. The van der Waals surface area contributed by atoms with Crippen molar-refractivity contribution < 1.29 is 19.1 Å². The van der Waals surface area contributed by atoms with Crippen LogP contribution in [0.5, 0.6) is 11.5 Å². The Bertz CT molecular complexity index is 813. The van der Waals surface area contributed by atoms with Crippen molar-refractivity contribution in [1.82, 2.24) is 4.90 Å². The summed E-state index contributed by atoms with van der Waals surface area (Å²) >= 11 is 0. The lowest BCUT2D eigenvalue weighted by Crippen LogP contribution is -2.40. The molecule has 1 heterocycles. The van der Waals surface area contributed by atoms with Gasteiger partial charge >= 0.3 is 0 Å². The zero-order valence-electron chi connectivity index (χ0n) is 15.3. The largest absolute Gasteiger partial charge is 0.497 e. The van der Waals surface area contributed by atoms with Gasteiger partial charge in [0.25, 0.3) is 5.91 Å². The molecule has 1 aliphatic rings. The van der Waals surface area contributed by atoms with Crippen LogP contribution in [0, 0.1) is 6.92 Å². The summed E-state index contributed by atoms with van der Waals surface area (Å²) in [4.78, 5) is 27.5. The molecule has 5 heteroatoms. The number of methoxy groups -OCH3 is 2. The van der Waals surface area contributed by atoms with Crippen molar-refractivity contribution >= 4 is 11.7 Å². The van der Waals surface area contributed by atoms with Crippen molar-refractivity contribution in [3.63, 3.8) is 0 Å². The van der Waals surface area contributed by atoms with Gasteiger partial charge in [-0.3, -0.25) is 9.59 Å². The lowest BCUT2D eigenvalue weighted by molar-refractivity contribution is 0.0671. The minimum atomic E-state index is -0.419. The molecule has 1 atom stereocenters. The normalized spacial score (nSPS) is 16.4. The first-order valence-corrected chi connectivity index (χ1v) is 8.69. The third-order valence-electron chi connectivity index (χ3n) is 4.83. The predicted molar refractivity (Wildman–Crippen MR) is 99.1 cm³/mol. The molecule has 1 aliphatic heterocycles. The second-order valence-electron chi connectivity index (χ2n) is 6.43. The highest BCUT2D eigenvalue weighted by Crippen LogP contribution is 2.26. The van der Waals surface area contributed by atoms with Crippen molar-refractivity contribution in [2.24, 2.45) is 0 Å². The fourth-order valence-corrected chi connectivity index (χ4v) is 3.41. The number of Topliss-reactive ketones (excluding diaryl/α,β-unsaturated/α-hetero) is 1. The van der Waals surface area contributed by atoms with Gasteiger partial charge in [0.1, 0.15) is 11.5 Å². The van der Waals surface area contributed by atoms with Gasteiger partial charge in [0.2, 0.25) is 0 Å². The molecule has 2 aromatic rings. The highest BCUT2D eigenvalue weighted by Gasteiger charge is 2.35. The van der Waals surface area contributed by atoms with Gasteiger partial charge in [0.05, 0.1) is 20.3 Å². The Morgan fingerprint density at radius 2 is 1.69 bits per heavy atom. The number of carbonyl (C=O) groups excluding carboxylic acids is 2. The second-order valence-corrected chi connectivity index (χ2v) is 6.43. The van der Waals surface area contributed by atoms with Crippen LogP contribution >= 0.6 is 0 Å². The summed E-state index contributed by atoms with van der Waals surface area (Å²) in [6.45, 7) is 2.50. The first-order valence-electron chi connectivity index (χ1n) is 8.69. The number of ether oxygens (including phenoxy) is 2. The van der Waals surface area contributed by atoms with Crippen LogP contribution in [-0.2, 0) is 0 Å². The van der Waals surface area contributed by atoms with Gasteiger partial charge in [-0.1, -0.05) is 0 Å². The van der Waals surface area contributed by atoms with Crippen LogP contribution in [0.1, 0.15) is 39.1 Å². The van der Waals surface area contributed by atoms with Gasteiger partial charge in [-0.05, 0) is 67.8 Å². The van der Waals surface area contributed by atoms with Gasteiger partial charge in [-0.15, -0.1) is 0 Å². The molecule has 3 rings (SSSR count). The maximum atomic E-state index is 13.0. The summed E-state index contributed by atoms with van der Waals surface area (Å²) in [7, 11) is 3.19. The van der Waals surface area contributed by atoms with E-state index in [0.29, 0.717) is 29.8 Å². The quantitative estimate of drug-likeness (QED) is 0.772. The smallest absolute Gasteiger partial charge is 0.254 e. The fourth-order valence-electron chi connectivity index (χ4n) is 3.41. The van der Waals surface area contributed by atoms with Gasteiger partial charge < -0.3 is 14.4 Å². The van der Waals surface area contributed by atoms with Crippen molar-refractivity contribution in [2.75, 3.05) is 20.8 Å². The number of rotatable bonds is 5. The molecule has 136 valence electrons. The average molecular weight is 353 g/mol. The molecule has 0 aliphatic carbocycles. The third kappa shape index (κ3) is 3.43. The molecule has 0 radical (unpaired) electrons. The Kier molecular flexibility index (Phi) is 5.26. The highest BCUT2D eigenvalue weighted by atomic mass is 16.5. The fraction of sp³-hybridized carbons (Fsp3) is 0.333. The van der Waals surface area contributed by atoms with Gasteiger partial charge in [-0.2, -0.15) is 0 Å². The van der Waals surface area contributed by atoms with E-state index in [0.717, 1.165) is 17.7 Å². The number of carbonyl (C=O) groups is 2. The first-order chi connectivity index (χ1) is 12.5. The van der Waals surface area contributed by atoms with Crippen molar-refractivity contribution in [3.8, 4) is 11.5 Å². The Morgan fingerprint density at radius 1 is 1.00 bits per heavy atom. The molecule has 1 saturated heterocycles. The number of amides is 1. The van der Waals surface area contributed by atoms with Crippen molar-refractivity contribution in [1.29, 1.82) is 0 Å². The number of nitrogens with zero attached hydrogens (tertiary/aromatic N) is 1. The molecule has 1 fully saturated rings. The van der Waals surface area contributed by atoms with Crippen LogP contribution in [0.15, 0.2) is 42.5 Å². The number of hydrogen-bond acceptors (Lipinski definition) is 4. The van der Waals surface area contributed by atoms with Crippen LogP contribution in [-0.4, -0.2) is 43.4 Å². The van der Waals surface area contributed by atoms with E-state index in [1.807, 2.05) is 13.0 Å². The number of hydrogen-bond donors (Lipinski definition) is 0. The molecular weight excluding hydrogens is 330 g/mol. The molecule has 1 unspecified atom stereocenters. The van der Waals surface area contributed by atoms with Gasteiger partial charge in [0.15, 0.2) is 5.78 Å². The van der Waals surface area contributed by atoms with Crippen LogP contribution in [0.3, 0.4) is 0 Å². The summed E-state index contributed by atoms with van der Waals surface area (Å²) in [5, 5.41) is 0. The Hall–Kier alpha value is -2.82. The molecule has 2 aromatic carbocycles. The number of benzene rings is 2. The molecule has 0 spiro atoms. The summed E-state index contributed by atoms with van der Waals surface area (Å²) in [6, 6.07) is 12.0. The first kappa shape index (κ1) is 18.0. The van der Waals surface area contributed by atoms with Crippen LogP contribution in [0.25, 0.3) is 0 Å². The van der Waals surface area contributed by atoms with E-state index in [2.05, 4.69) is 0 Å². The van der Waals surface area contributed by atoms with E-state index in [9.17, 15) is 9.59 Å². The average Bonchev–Trinajstić information content (AvgIpc) is 3.16. The van der Waals surface area contributed by atoms with E-state index >= 15 is 0 Å². The zero-order chi connectivity index (χ0) is 18.7. The lowest BCUT2D eigenvalue weighted by atomic mass is 9.99. The lowest BCUT2D eigenvalue weighted by Gasteiger charge is -2.24. The molecule has 26 heavy (non-hydrogen) atoms. The van der Waals surface area contributed by atoms with Crippen LogP contribution in [0.2, 0.25) is 0 Å². The van der Waals surface area contributed by atoms with E-state index in [-0.39, 0.29) is 11.7 Å². The Labute approximate surface area is 153 Å². The molecule has 1 amide bonds. The van der Waals surface area contributed by atoms with Gasteiger partial charge in [-0.25, -0.2) is 0 Å². The van der Waals surface area contributed by atoms with Crippen molar-refractivity contribution in [2.45, 2.75) is 25.8 Å². The summed E-state index contributed by atoms with van der Waals surface area (Å²) in [6.07, 6.45) is 1.51. The van der Waals surface area contributed by atoms with E-state index in [4.69, 9.17) is 9.47 Å². The van der Waals surface area contributed by atoms with Crippen LogP contribution < -0.4 is 9.47 Å². The maximum absolute atomic E-state index is 13.0. The molecule has 0 saturated carbocycles. The minimum absolute atomic E-state index is 0.0184. The topological polar surface area (TPSA) is 55.8 Å². The molecular formula is C21H23NO4. The molecule has 5 nitrogen and oxygen atoms in total. The van der Waals surface area contributed by atoms with Crippen LogP contribution in [0.4, 0.5) is 0 Å². The van der Waals surface area contributed by atoms with Gasteiger partial charge in [0, 0.05) is 17.7 Å². The summed E-state index contributed by atoms with van der Waals surface area (Å²) in [5.41, 5.74) is 2.09. The number of likely N-dealkylation sites (tertiary alicyclic amines) is 1. The maximum Gasteiger partial charge on any atom is 0.254 e. The zero-order valence-corrected chi connectivity index (χ0v) is 15.3. The van der Waals surface area contributed by atoms with E-state index in [1.54, 1.807) is 55.5 Å². The number of ketones is 1. The van der Waals surface area contributed by atoms with Crippen molar-refractivity contribution in [3.05, 3.63) is 59.2 Å². The summed E-state index contributed by atoms with van der Waals surface area (Å²) < 4.78 is 10.4. The molecule has 0 N–H and O–H groups in total. The Morgan fingerprint density at radius 3 is 2.31 bits per heavy atom. The molecule has 0 aromatic heterocycles. The summed E-state index contributed by atoms with van der Waals surface area (Å²) in [5.74, 6) is 1.31. The van der Waals surface area contributed by atoms with E-state index < -0.39 is 6.04 Å². The Balaban J connectivity index is 1.81.